The first-order valence-electron chi connectivity index (χ1n) is 29.3. The van der Waals surface area contributed by atoms with E-state index in [1.54, 1.807) is 6.08 Å². The monoisotopic (exact) mass is 992 g/mol. The molecule has 11 nitrogen and oxygen atoms in total. The van der Waals surface area contributed by atoms with E-state index in [4.69, 9.17) is 14.2 Å². The molecule has 0 saturated carbocycles. The number of aliphatic hydroxyl groups excluding tert-OH is 5. The summed E-state index contributed by atoms with van der Waals surface area (Å²) in [4.78, 5) is 25.0. The fourth-order valence-corrected chi connectivity index (χ4v) is 9.03. The van der Waals surface area contributed by atoms with Crippen molar-refractivity contribution < 1.29 is 49.3 Å². The number of nitrogens with one attached hydrogen (secondary N) is 1. The number of ether oxygens (including phenoxy) is 3. The number of hydrogen-bond donors (Lipinski definition) is 6. The Hall–Kier alpha value is -2.12. The molecule has 410 valence electrons. The molecule has 7 unspecified atom stereocenters. The van der Waals surface area contributed by atoms with Crippen LogP contribution in [0.2, 0.25) is 0 Å². The summed E-state index contributed by atoms with van der Waals surface area (Å²) in [6, 6.07) is -0.832. The summed E-state index contributed by atoms with van der Waals surface area (Å²) in [7, 11) is 0. The van der Waals surface area contributed by atoms with E-state index in [2.05, 4.69) is 43.5 Å². The maximum atomic E-state index is 13.0. The van der Waals surface area contributed by atoms with E-state index < -0.39 is 49.5 Å². The average molecular weight is 993 g/mol. The topological polar surface area (TPSA) is 175 Å². The van der Waals surface area contributed by atoms with Crippen LogP contribution >= 0.6 is 0 Å². The Bertz CT molecular complexity index is 1260. The minimum atomic E-state index is -1.58. The van der Waals surface area contributed by atoms with Crippen molar-refractivity contribution in [1.29, 1.82) is 0 Å². The van der Waals surface area contributed by atoms with E-state index in [0.29, 0.717) is 19.4 Å². The Morgan fingerprint density at radius 3 is 1.44 bits per heavy atom. The van der Waals surface area contributed by atoms with Gasteiger partial charge in [0.05, 0.1) is 32.0 Å². The molecule has 1 aliphatic rings. The third-order valence-electron chi connectivity index (χ3n) is 13.7. The van der Waals surface area contributed by atoms with Gasteiger partial charge in [0.2, 0.25) is 5.91 Å². The lowest BCUT2D eigenvalue weighted by atomic mass is 9.99. The summed E-state index contributed by atoms with van der Waals surface area (Å²) in [6.45, 7) is 4.26. The van der Waals surface area contributed by atoms with Gasteiger partial charge in [-0.2, -0.15) is 0 Å². The van der Waals surface area contributed by atoms with E-state index in [-0.39, 0.29) is 18.5 Å². The molecule has 1 heterocycles. The molecule has 0 bridgehead atoms. The largest absolute Gasteiger partial charge is 0.466 e. The maximum absolute atomic E-state index is 13.0. The molecule has 70 heavy (non-hydrogen) atoms. The van der Waals surface area contributed by atoms with Gasteiger partial charge in [0.25, 0.3) is 0 Å². The van der Waals surface area contributed by atoms with Crippen LogP contribution in [0.15, 0.2) is 36.5 Å². The predicted octanol–water partition coefficient (Wildman–Crippen LogP) is 13.1. The van der Waals surface area contributed by atoms with Crippen molar-refractivity contribution in [3.63, 3.8) is 0 Å². The molecule has 6 N–H and O–H groups in total. The highest BCUT2D eigenvalue weighted by molar-refractivity contribution is 5.76. The molecule has 0 aromatic heterocycles. The molecule has 0 radical (unpaired) electrons. The lowest BCUT2D eigenvalue weighted by Crippen LogP contribution is -2.60. The van der Waals surface area contributed by atoms with Crippen LogP contribution in [-0.2, 0) is 23.8 Å². The van der Waals surface area contributed by atoms with Gasteiger partial charge in [-0.1, -0.05) is 217 Å². The van der Waals surface area contributed by atoms with Crippen molar-refractivity contribution in [2.45, 2.75) is 307 Å². The molecular formula is C59H109NO10. The fraction of sp³-hybridized carbons (Fsp3) is 0.864. The number of amides is 1. The molecule has 0 aromatic rings. The lowest BCUT2D eigenvalue weighted by molar-refractivity contribution is -0.302. The Morgan fingerprint density at radius 1 is 0.514 bits per heavy atom. The zero-order valence-electron chi connectivity index (χ0n) is 45.0. The van der Waals surface area contributed by atoms with Crippen molar-refractivity contribution in [3.05, 3.63) is 36.5 Å². The second-order valence-electron chi connectivity index (χ2n) is 20.3. The van der Waals surface area contributed by atoms with Gasteiger partial charge in [0.15, 0.2) is 6.29 Å². The van der Waals surface area contributed by atoms with Gasteiger partial charge in [-0.25, -0.2) is 0 Å². The molecule has 7 atom stereocenters. The van der Waals surface area contributed by atoms with Crippen LogP contribution in [0.3, 0.4) is 0 Å². The van der Waals surface area contributed by atoms with Gasteiger partial charge in [-0.15, -0.1) is 0 Å². The zero-order valence-corrected chi connectivity index (χ0v) is 45.0. The minimum Gasteiger partial charge on any atom is -0.466 e. The smallest absolute Gasteiger partial charge is 0.305 e. The summed E-state index contributed by atoms with van der Waals surface area (Å²) < 4.78 is 16.6. The van der Waals surface area contributed by atoms with Crippen LogP contribution in [-0.4, -0.2) is 100 Å². The van der Waals surface area contributed by atoms with Crippen LogP contribution in [0.5, 0.6) is 0 Å². The maximum Gasteiger partial charge on any atom is 0.305 e. The Kier molecular flexibility index (Phi) is 46.2. The normalized spacial score (nSPS) is 19.4. The number of hydrogen-bond acceptors (Lipinski definition) is 10. The van der Waals surface area contributed by atoms with Crippen molar-refractivity contribution in [2.24, 2.45) is 0 Å². The number of aliphatic hydroxyl groups is 5. The summed E-state index contributed by atoms with van der Waals surface area (Å²) in [5, 5.41) is 54.1. The van der Waals surface area contributed by atoms with Crippen molar-refractivity contribution in [1.82, 2.24) is 5.32 Å². The van der Waals surface area contributed by atoms with E-state index in [9.17, 15) is 35.1 Å². The second kappa shape index (κ2) is 49.1. The fourth-order valence-electron chi connectivity index (χ4n) is 9.03. The van der Waals surface area contributed by atoms with Gasteiger partial charge in [-0.3, -0.25) is 9.59 Å². The van der Waals surface area contributed by atoms with Crippen LogP contribution in [0.25, 0.3) is 0 Å². The first kappa shape index (κ1) is 65.9. The van der Waals surface area contributed by atoms with Crippen LogP contribution < -0.4 is 5.32 Å². The lowest BCUT2D eigenvalue weighted by Gasteiger charge is -2.40. The van der Waals surface area contributed by atoms with Crippen molar-refractivity contribution in [2.75, 3.05) is 19.8 Å². The van der Waals surface area contributed by atoms with Gasteiger partial charge < -0.3 is 45.1 Å². The molecule has 1 fully saturated rings. The van der Waals surface area contributed by atoms with Gasteiger partial charge >= 0.3 is 5.97 Å². The Balaban J connectivity index is 2.04. The molecule has 0 aromatic carbocycles. The standard InChI is InChI=1S/C59H109NO10/c1-3-5-7-9-11-13-14-23-27-31-35-39-43-47-55(64)68-48-44-40-36-32-28-25-22-20-18-16-15-17-19-21-24-26-30-34-38-42-46-54(63)60-51(52(62)45-41-37-33-29-12-10-8-6-4-2)50-69-59-58(67)57(66)56(65)53(49-61)70-59/h12,15,17,29,41,45,51-53,56-59,61-62,65-67H,3-11,13-14,16,18-28,30-40,42-44,46-50H2,1-2H3,(H,60,63)/b17-15-,29-12+,45-41+. The molecule has 1 saturated heterocycles. The number of unbranched alkanes of at least 4 members (excludes halogenated alkanes) is 32. The summed E-state index contributed by atoms with van der Waals surface area (Å²) >= 11 is 0. The molecule has 1 rings (SSSR count). The summed E-state index contributed by atoms with van der Waals surface area (Å²) in [5.41, 5.74) is 0. The van der Waals surface area contributed by atoms with Gasteiger partial charge in [0.1, 0.15) is 24.4 Å². The van der Waals surface area contributed by atoms with E-state index in [1.807, 2.05) is 6.08 Å². The summed E-state index contributed by atoms with van der Waals surface area (Å²) in [6.07, 6.45) is 49.7. The highest BCUT2D eigenvalue weighted by Crippen LogP contribution is 2.23. The number of esters is 1. The van der Waals surface area contributed by atoms with E-state index >= 15 is 0 Å². The Morgan fingerprint density at radius 2 is 0.929 bits per heavy atom. The third kappa shape index (κ3) is 38.5. The molecule has 0 spiro atoms. The average Bonchev–Trinajstić information content (AvgIpc) is 3.36. The van der Waals surface area contributed by atoms with E-state index in [0.717, 1.165) is 77.0 Å². The van der Waals surface area contributed by atoms with Crippen molar-refractivity contribution in [3.8, 4) is 0 Å². The first-order chi connectivity index (χ1) is 34.2. The predicted molar refractivity (Wildman–Crippen MR) is 287 cm³/mol. The van der Waals surface area contributed by atoms with E-state index in [1.165, 1.54) is 161 Å². The molecular weight excluding hydrogens is 883 g/mol. The van der Waals surface area contributed by atoms with Crippen molar-refractivity contribution >= 4 is 11.9 Å². The summed E-state index contributed by atoms with van der Waals surface area (Å²) in [5.74, 6) is -0.211. The quantitative estimate of drug-likeness (QED) is 0.0195. The SMILES string of the molecule is CCCCC/C=C/CC/C=C/C(O)C(COC1OC(CO)C(O)C(O)C1O)NC(=O)CCCCCCCCC/C=C\CCCCCCCCCCCOC(=O)CCCCCCCCCCCCCCC. The number of allylic oxidation sites excluding steroid dienone is 5. The van der Waals surface area contributed by atoms with Crippen LogP contribution in [0.1, 0.15) is 264 Å². The van der Waals surface area contributed by atoms with Gasteiger partial charge in [-0.05, 0) is 70.6 Å². The molecule has 0 aliphatic carbocycles. The molecule has 1 amide bonds. The second-order valence-corrected chi connectivity index (χ2v) is 20.3. The highest BCUT2D eigenvalue weighted by atomic mass is 16.7. The van der Waals surface area contributed by atoms with Crippen LogP contribution in [0, 0.1) is 0 Å². The number of rotatable bonds is 50. The highest BCUT2D eigenvalue weighted by Gasteiger charge is 2.44. The molecule has 11 heteroatoms. The van der Waals surface area contributed by atoms with Crippen LogP contribution in [0.4, 0.5) is 0 Å². The minimum absolute atomic E-state index is 0.00721. The molecule has 1 aliphatic heterocycles. The first-order valence-corrected chi connectivity index (χ1v) is 29.3. The Labute approximate surface area is 428 Å². The number of carbonyl (C=O) groups excluding carboxylic acids is 2. The van der Waals surface area contributed by atoms with Gasteiger partial charge in [0, 0.05) is 12.8 Å². The third-order valence-corrected chi connectivity index (χ3v) is 13.7. The number of carbonyl (C=O) groups is 2. The zero-order chi connectivity index (χ0) is 51.0.